The van der Waals surface area contributed by atoms with E-state index < -0.39 is 5.79 Å². The van der Waals surface area contributed by atoms with Gasteiger partial charge in [-0.05, 0) is 85.4 Å². The molecule has 0 unspecified atom stereocenters. The van der Waals surface area contributed by atoms with Crippen molar-refractivity contribution in [1.29, 1.82) is 0 Å². The van der Waals surface area contributed by atoms with Crippen LogP contribution in [0.5, 0.6) is 0 Å². The lowest BCUT2D eigenvalue weighted by atomic mass is 9.44. The Bertz CT molecular complexity index is 861. The number of rotatable bonds is 1. The van der Waals surface area contributed by atoms with E-state index in [1.165, 1.54) is 13.3 Å². The van der Waals surface area contributed by atoms with E-state index >= 15 is 0 Å². The summed E-state index contributed by atoms with van der Waals surface area (Å²) in [6.07, 6.45) is 9.35. The smallest absolute Gasteiger partial charge is 0.302 e. The standard InChI is InChI=1S/C29H44O5/c1-16-8-11-29(32-15-16)17(2)25-24(34-29)13-22-21-7-6-19-12-20(33-18(3)30)9-10-27(19,4)26(21)23(31)14-28(22,25)5/h16-17,19-22,24-26H,6-15H2,1-5H3/t16-,17+,19+,20+,21+,22+,24+,25+,26-,27+,28+,29-/m1/s1. The average Bonchev–Trinajstić information content (AvgIpc) is 3.20. The molecule has 0 bridgehead atoms. The van der Waals surface area contributed by atoms with E-state index in [4.69, 9.17) is 14.2 Å². The van der Waals surface area contributed by atoms with E-state index in [9.17, 15) is 9.59 Å². The number of carbonyl (C=O) groups is 2. The van der Waals surface area contributed by atoms with Gasteiger partial charge in [-0.3, -0.25) is 9.59 Å². The molecule has 0 aromatic rings. The van der Waals surface area contributed by atoms with Crippen LogP contribution in [0.2, 0.25) is 0 Å². The van der Waals surface area contributed by atoms with Crippen LogP contribution in [0.15, 0.2) is 0 Å². The summed E-state index contributed by atoms with van der Waals surface area (Å²) in [6.45, 7) is 11.7. The number of Topliss-reactive ketones (excluding diaryl/α,β-unsaturated/α-hetero) is 1. The van der Waals surface area contributed by atoms with Crippen molar-refractivity contribution in [3.05, 3.63) is 0 Å². The van der Waals surface area contributed by atoms with Crippen LogP contribution in [-0.4, -0.2) is 36.4 Å². The summed E-state index contributed by atoms with van der Waals surface area (Å²) >= 11 is 0. The fraction of sp³-hybridized carbons (Fsp3) is 0.931. The maximum Gasteiger partial charge on any atom is 0.302 e. The van der Waals surface area contributed by atoms with Crippen LogP contribution in [-0.2, 0) is 23.8 Å². The Morgan fingerprint density at radius 1 is 1.03 bits per heavy atom. The molecule has 2 aliphatic heterocycles. The van der Waals surface area contributed by atoms with Gasteiger partial charge in [0.05, 0.1) is 12.7 Å². The number of esters is 1. The van der Waals surface area contributed by atoms with Crippen molar-refractivity contribution < 1.29 is 23.8 Å². The van der Waals surface area contributed by atoms with Gasteiger partial charge in [-0.15, -0.1) is 0 Å². The molecular weight excluding hydrogens is 428 g/mol. The quantitative estimate of drug-likeness (QED) is 0.469. The van der Waals surface area contributed by atoms with Gasteiger partial charge in [0.15, 0.2) is 5.79 Å². The van der Waals surface area contributed by atoms with E-state index in [0.29, 0.717) is 47.7 Å². The van der Waals surface area contributed by atoms with Crippen LogP contribution in [0.4, 0.5) is 0 Å². The summed E-state index contributed by atoms with van der Waals surface area (Å²) in [5.74, 6) is 2.97. The fourth-order valence-corrected chi connectivity index (χ4v) is 10.4. The number of hydrogen-bond donors (Lipinski definition) is 0. The molecule has 34 heavy (non-hydrogen) atoms. The van der Waals surface area contributed by atoms with Crippen molar-refractivity contribution in [2.45, 2.75) is 110 Å². The third-order valence-corrected chi connectivity index (χ3v) is 11.9. The van der Waals surface area contributed by atoms with Crippen LogP contribution in [0, 0.1) is 52.3 Å². The lowest BCUT2D eigenvalue weighted by Crippen LogP contribution is -2.58. The van der Waals surface area contributed by atoms with Gasteiger partial charge in [0.2, 0.25) is 0 Å². The van der Waals surface area contributed by atoms with Gasteiger partial charge in [0, 0.05) is 31.6 Å². The summed E-state index contributed by atoms with van der Waals surface area (Å²) < 4.78 is 18.9. The number of ketones is 1. The van der Waals surface area contributed by atoms with Crippen molar-refractivity contribution >= 4 is 11.8 Å². The minimum Gasteiger partial charge on any atom is -0.463 e. The van der Waals surface area contributed by atoms with Crippen molar-refractivity contribution in [1.82, 2.24) is 0 Å². The number of hydrogen-bond acceptors (Lipinski definition) is 5. The average molecular weight is 473 g/mol. The Hall–Kier alpha value is -0.940. The van der Waals surface area contributed by atoms with Crippen molar-refractivity contribution in [3.63, 3.8) is 0 Å². The van der Waals surface area contributed by atoms with Crippen LogP contribution >= 0.6 is 0 Å². The zero-order valence-electron chi connectivity index (χ0n) is 21.8. The summed E-state index contributed by atoms with van der Waals surface area (Å²) in [4.78, 5) is 25.6. The molecule has 12 atom stereocenters. The second-order valence-electron chi connectivity index (χ2n) is 13.7. The lowest BCUT2D eigenvalue weighted by Gasteiger charge is -2.60. The molecule has 2 saturated heterocycles. The molecule has 1 spiro atoms. The molecule has 5 nitrogen and oxygen atoms in total. The first-order valence-corrected chi connectivity index (χ1v) is 14.1. The molecule has 6 rings (SSSR count). The zero-order valence-corrected chi connectivity index (χ0v) is 21.8. The minimum atomic E-state index is -0.422. The van der Waals surface area contributed by atoms with Crippen LogP contribution in [0.25, 0.3) is 0 Å². The van der Waals surface area contributed by atoms with Gasteiger partial charge in [0.1, 0.15) is 11.9 Å². The number of fused-ring (bicyclic) bond motifs is 7. The van der Waals surface area contributed by atoms with Gasteiger partial charge < -0.3 is 14.2 Å². The summed E-state index contributed by atoms with van der Waals surface area (Å²) in [6, 6.07) is 0. The van der Waals surface area contributed by atoms with E-state index in [1.807, 2.05) is 0 Å². The zero-order chi connectivity index (χ0) is 24.0. The summed E-state index contributed by atoms with van der Waals surface area (Å²) in [5.41, 5.74) is 0.0718. The first-order valence-electron chi connectivity index (χ1n) is 14.1. The molecule has 0 amide bonds. The third-order valence-electron chi connectivity index (χ3n) is 11.9. The number of ether oxygens (including phenoxy) is 3. The van der Waals surface area contributed by atoms with E-state index in [1.54, 1.807) is 0 Å². The van der Waals surface area contributed by atoms with Gasteiger partial charge in [-0.1, -0.05) is 27.7 Å². The van der Waals surface area contributed by atoms with Gasteiger partial charge >= 0.3 is 5.97 Å². The fourth-order valence-electron chi connectivity index (χ4n) is 10.4. The monoisotopic (exact) mass is 472 g/mol. The molecule has 4 aliphatic carbocycles. The minimum absolute atomic E-state index is 0.0242. The van der Waals surface area contributed by atoms with Gasteiger partial charge in [-0.25, -0.2) is 0 Å². The second kappa shape index (κ2) is 7.78. The topological polar surface area (TPSA) is 61.8 Å². The number of carbonyl (C=O) groups excluding carboxylic acids is 2. The highest BCUT2D eigenvalue weighted by atomic mass is 16.7. The summed E-state index contributed by atoms with van der Waals surface area (Å²) in [7, 11) is 0. The Kier molecular flexibility index (Phi) is 5.37. The predicted octanol–water partition coefficient (Wildman–Crippen LogP) is 5.54. The molecule has 6 fully saturated rings. The lowest BCUT2D eigenvalue weighted by molar-refractivity contribution is -0.272. The largest absolute Gasteiger partial charge is 0.463 e. The molecule has 0 aromatic heterocycles. The van der Waals surface area contributed by atoms with Gasteiger partial charge in [0.25, 0.3) is 0 Å². The molecule has 0 aromatic carbocycles. The molecule has 0 N–H and O–H groups in total. The highest BCUT2D eigenvalue weighted by Gasteiger charge is 2.70. The molecule has 0 radical (unpaired) electrons. The Morgan fingerprint density at radius 3 is 2.53 bits per heavy atom. The highest BCUT2D eigenvalue weighted by Crippen LogP contribution is 2.70. The Morgan fingerprint density at radius 2 is 1.82 bits per heavy atom. The maximum absolute atomic E-state index is 14.0. The second-order valence-corrected chi connectivity index (χ2v) is 13.7. The Labute approximate surface area is 205 Å². The summed E-state index contributed by atoms with van der Waals surface area (Å²) in [5, 5.41) is 0. The molecule has 6 aliphatic rings. The Balaban J connectivity index is 1.25. The predicted molar refractivity (Wildman–Crippen MR) is 128 cm³/mol. The van der Waals surface area contributed by atoms with Crippen molar-refractivity contribution in [3.8, 4) is 0 Å². The first kappa shape index (κ1) is 23.5. The molecule has 2 heterocycles. The van der Waals surface area contributed by atoms with E-state index in [0.717, 1.165) is 51.6 Å². The highest BCUT2D eigenvalue weighted by molar-refractivity contribution is 5.84. The molecule has 5 heteroatoms. The third kappa shape index (κ3) is 3.17. The van der Waals surface area contributed by atoms with E-state index in [-0.39, 0.29) is 34.9 Å². The first-order chi connectivity index (χ1) is 16.1. The van der Waals surface area contributed by atoms with E-state index in [2.05, 4.69) is 27.7 Å². The van der Waals surface area contributed by atoms with Crippen LogP contribution < -0.4 is 0 Å². The maximum atomic E-state index is 14.0. The SMILES string of the molecule is CC(=O)O[C@H]1CC[C@@]2(C)[C@@H](CC[C@H]3[C@@H]4C[C@@H]5O[C@]6(CC[C@@H](C)CO6)[C@@H](C)[C@@H]5[C@@]4(C)CC(=O)[C@@H]32)C1. The molecule has 4 saturated carbocycles. The van der Waals surface area contributed by atoms with Crippen molar-refractivity contribution in [2.75, 3.05) is 6.61 Å². The van der Waals surface area contributed by atoms with Crippen molar-refractivity contribution in [2.24, 2.45) is 52.3 Å². The van der Waals surface area contributed by atoms with Gasteiger partial charge in [-0.2, -0.15) is 0 Å². The molecule has 190 valence electrons. The normalized spacial score (nSPS) is 56.4. The van der Waals surface area contributed by atoms with Crippen LogP contribution in [0.3, 0.4) is 0 Å². The molecular formula is C29H44O5. The van der Waals surface area contributed by atoms with Crippen LogP contribution in [0.1, 0.15) is 92.4 Å².